The molecule has 0 aliphatic carbocycles. The quantitative estimate of drug-likeness (QED) is 0.448. The fourth-order valence-electron chi connectivity index (χ4n) is 3.82. The summed E-state index contributed by atoms with van der Waals surface area (Å²) in [6, 6.07) is 4.45. The minimum absolute atomic E-state index is 0.112. The van der Waals surface area contributed by atoms with Gasteiger partial charge >= 0.3 is 12.1 Å². The fraction of sp³-hybridized carbons (Fsp3) is 0.542. The fourth-order valence-corrected chi connectivity index (χ4v) is 5.66. The highest BCUT2D eigenvalue weighted by Crippen LogP contribution is 2.30. The van der Waals surface area contributed by atoms with Crippen LogP contribution in [0.4, 0.5) is 14.9 Å². The summed E-state index contributed by atoms with van der Waals surface area (Å²) in [7, 11) is -2.61. The van der Waals surface area contributed by atoms with Gasteiger partial charge in [0.1, 0.15) is 24.6 Å². The number of allylic oxidation sites excluding steroid dienone is 1. The van der Waals surface area contributed by atoms with Crippen LogP contribution < -0.4 is 10.2 Å². The van der Waals surface area contributed by atoms with Crippen molar-refractivity contribution in [2.75, 3.05) is 42.6 Å². The normalized spacial score (nSPS) is 22.4. The number of halogens is 1. The summed E-state index contributed by atoms with van der Waals surface area (Å²) in [5.74, 6) is -0.820. The van der Waals surface area contributed by atoms with Crippen molar-refractivity contribution >= 4 is 39.0 Å². The van der Waals surface area contributed by atoms with E-state index in [1.807, 2.05) is 6.92 Å². The highest BCUT2D eigenvalue weighted by atomic mass is 32.2. The van der Waals surface area contributed by atoms with Crippen molar-refractivity contribution in [1.82, 2.24) is 5.32 Å². The lowest BCUT2D eigenvalue weighted by atomic mass is 10.0. The number of nitrogens with zero attached hydrogens (tertiary/aromatic N) is 2. The lowest BCUT2D eigenvalue weighted by Crippen LogP contribution is -2.33. The molecule has 198 valence electrons. The van der Waals surface area contributed by atoms with Crippen molar-refractivity contribution in [2.24, 2.45) is 4.36 Å². The summed E-state index contributed by atoms with van der Waals surface area (Å²) < 4.78 is 42.3. The van der Waals surface area contributed by atoms with Gasteiger partial charge in [-0.25, -0.2) is 17.8 Å². The number of carbonyl (C=O) groups is 3. The second kappa shape index (κ2) is 12.3. The summed E-state index contributed by atoms with van der Waals surface area (Å²) in [5, 5.41) is 12.6. The van der Waals surface area contributed by atoms with Crippen LogP contribution >= 0.6 is 0 Å². The summed E-state index contributed by atoms with van der Waals surface area (Å²) in [6.07, 6.45) is 0.777. The maximum Gasteiger partial charge on any atom is 0.414 e. The second-order valence-electron chi connectivity index (χ2n) is 8.74. The highest BCUT2D eigenvalue weighted by molar-refractivity contribution is 7.93. The molecule has 12 heteroatoms. The topological polar surface area (TPSA) is 135 Å². The van der Waals surface area contributed by atoms with E-state index in [0.717, 1.165) is 0 Å². The van der Waals surface area contributed by atoms with Crippen LogP contribution in [-0.2, 0) is 28.8 Å². The molecule has 3 atom stereocenters. The number of benzene rings is 1. The summed E-state index contributed by atoms with van der Waals surface area (Å²) in [5.41, 5.74) is 1.38. The summed E-state index contributed by atoms with van der Waals surface area (Å²) in [6.45, 7) is 3.27. The Kier molecular flexibility index (Phi) is 9.43. The minimum atomic E-state index is -2.61. The predicted octanol–water partition coefficient (Wildman–Crippen LogP) is 2.25. The van der Waals surface area contributed by atoms with Gasteiger partial charge in [-0.2, -0.15) is 0 Å². The molecule has 0 saturated carbocycles. The van der Waals surface area contributed by atoms with Crippen LogP contribution in [0.25, 0.3) is 5.57 Å². The Balaban J connectivity index is 1.60. The Morgan fingerprint density at radius 3 is 2.83 bits per heavy atom. The number of hydrogen-bond donors (Lipinski definition) is 2. The van der Waals surface area contributed by atoms with Crippen LogP contribution in [0.2, 0.25) is 0 Å². The third-order valence-electron chi connectivity index (χ3n) is 5.75. The minimum Gasteiger partial charge on any atom is -0.463 e. The van der Waals surface area contributed by atoms with Gasteiger partial charge in [-0.05, 0) is 36.6 Å². The van der Waals surface area contributed by atoms with Crippen LogP contribution in [0.1, 0.15) is 38.7 Å². The number of esters is 1. The molecule has 2 amide bonds. The molecule has 1 aromatic rings. The molecule has 1 saturated heterocycles. The van der Waals surface area contributed by atoms with E-state index < -0.39 is 39.8 Å². The van der Waals surface area contributed by atoms with Crippen molar-refractivity contribution in [3.8, 4) is 0 Å². The lowest BCUT2D eigenvalue weighted by Gasteiger charge is -2.20. The number of cyclic esters (lactones) is 1. The Hall–Kier alpha value is -2.99. The summed E-state index contributed by atoms with van der Waals surface area (Å²) in [4.78, 5) is 36.0. The molecule has 2 aliphatic rings. The Morgan fingerprint density at radius 2 is 2.19 bits per heavy atom. The first kappa shape index (κ1) is 27.6. The zero-order valence-corrected chi connectivity index (χ0v) is 21.2. The van der Waals surface area contributed by atoms with Gasteiger partial charge in [0.2, 0.25) is 5.91 Å². The number of rotatable bonds is 10. The second-order valence-corrected chi connectivity index (χ2v) is 11.3. The Morgan fingerprint density at radius 1 is 1.42 bits per heavy atom. The monoisotopic (exact) mass is 525 g/mol. The smallest absolute Gasteiger partial charge is 0.414 e. The Labute approximate surface area is 210 Å². The van der Waals surface area contributed by atoms with Crippen LogP contribution in [0.3, 0.4) is 0 Å². The van der Waals surface area contributed by atoms with Crippen LogP contribution in [0.15, 0.2) is 28.6 Å². The number of amides is 2. The van der Waals surface area contributed by atoms with E-state index in [0.29, 0.717) is 29.7 Å². The van der Waals surface area contributed by atoms with Crippen molar-refractivity contribution < 1.29 is 37.6 Å². The highest BCUT2D eigenvalue weighted by Gasteiger charge is 2.33. The lowest BCUT2D eigenvalue weighted by molar-refractivity contribution is -0.146. The van der Waals surface area contributed by atoms with Gasteiger partial charge in [0.05, 0.1) is 40.8 Å². The molecule has 2 heterocycles. The van der Waals surface area contributed by atoms with E-state index in [-0.39, 0.29) is 50.1 Å². The number of nitrogens with one attached hydrogen (secondary N) is 1. The largest absolute Gasteiger partial charge is 0.463 e. The van der Waals surface area contributed by atoms with Crippen molar-refractivity contribution in [2.45, 2.75) is 45.3 Å². The van der Waals surface area contributed by atoms with E-state index in [4.69, 9.17) is 9.47 Å². The molecular weight excluding hydrogens is 493 g/mol. The van der Waals surface area contributed by atoms with Gasteiger partial charge < -0.3 is 19.9 Å². The van der Waals surface area contributed by atoms with E-state index in [1.54, 1.807) is 18.2 Å². The average molecular weight is 526 g/mol. The number of aliphatic hydroxyl groups is 1. The van der Waals surface area contributed by atoms with Crippen LogP contribution in [0.5, 0.6) is 0 Å². The van der Waals surface area contributed by atoms with Crippen LogP contribution in [-0.4, -0.2) is 77.2 Å². The molecule has 10 nitrogen and oxygen atoms in total. The van der Waals surface area contributed by atoms with Crippen LogP contribution in [0, 0.1) is 5.82 Å². The van der Waals surface area contributed by atoms with E-state index in [1.165, 1.54) is 17.9 Å². The maximum absolute atomic E-state index is 15.0. The molecule has 2 N–H and O–H groups in total. The molecule has 2 aliphatic heterocycles. The van der Waals surface area contributed by atoms with E-state index in [9.17, 15) is 28.1 Å². The molecule has 3 rings (SSSR count). The summed E-state index contributed by atoms with van der Waals surface area (Å²) >= 11 is 0. The third-order valence-corrected chi connectivity index (χ3v) is 7.90. The predicted molar refractivity (Wildman–Crippen MR) is 132 cm³/mol. The number of ether oxygens (including phenoxy) is 2. The number of aliphatic hydroxyl groups excluding tert-OH is 1. The van der Waals surface area contributed by atoms with Gasteiger partial charge in [0, 0.05) is 24.7 Å². The molecule has 1 unspecified atom stereocenters. The first-order valence-electron chi connectivity index (χ1n) is 11.8. The van der Waals surface area contributed by atoms with Gasteiger partial charge in [-0.15, -0.1) is 0 Å². The zero-order valence-electron chi connectivity index (χ0n) is 20.4. The molecule has 0 radical (unpaired) electrons. The van der Waals surface area contributed by atoms with E-state index in [2.05, 4.69) is 9.68 Å². The molecule has 36 heavy (non-hydrogen) atoms. The molecular formula is C24H32FN3O7S. The first-order valence-corrected chi connectivity index (χ1v) is 13.7. The van der Waals surface area contributed by atoms with Crippen molar-refractivity contribution in [3.05, 3.63) is 35.7 Å². The third kappa shape index (κ3) is 7.50. The SMILES string of the molecule is CCCC(=O)OC[C@@H](O)CN=S1(=O)CC=C(c2ccc(N3C[C@H](CNC(C)=O)OC3=O)cc2F)CC1. The molecule has 0 spiro atoms. The number of carbonyl (C=O) groups excluding carboxylic acids is 3. The zero-order chi connectivity index (χ0) is 26.3. The average Bonchev–Trinajstić information content (AvgIpc) is 3.21. The van der Waals surface area contributed by atoms with Gasteiger partial charge in [0.25, 0.3) is 0 Å². The molecule has 0 bridgehead atoms. The standard InChI is InChI=1S/C24H32FN3O7S/c1-3-4-23(31)34-15-19(30)12-27-36(33)9-7-17(8-10-36)21-6-5-18(11-22(21)25)28-14-20(35-24(28)32)13-26-16(2)29/h5-7,11,19-20,30H,3-4,8-10,12-15H2,1-2H3,(H,26,29)/t19-,20-,36?/m0/s1. The Bertz CT molecular complexity index is 1150. The molecule has 1 fully saturated rings. The van der Waals surface area contributed by atoms with E-state index >= 15 is 0 Å². The molecule has 0 aromatic heterocycles. The van der Waals surface area contributed by atoms with Gasteiger partial charge in [0.15, 0.2) is 0 Å². The van der Waals surface area contributed by atoms with Gasteiger partial charge in [-0.3, -0.25) is 14.5 Å². The number of hydrogen-bond acceptors (Lipinski definition) is 8. The molecule has 1 aromatic carbocycles. The van der Waals surface area contributed by atoms with Gasteiger partial charge in [-0.1, -0.05) is 13.0 Å². The number of anilines is 1. The first-order chi connectivity index (χ1) is 17.1. The van der Waals surface area contributed by atoms with Crippen molar-refractivity contribution in [1.29, 1.82) is 0 Å². The van der Waals surface area contributed by atoms with Crippen molar-refractivity contribution in [3.63, 3.8) is 0 Å². The maximum atomic E-state index is 15.0.